The summed E-state index contributed by atoms with van der Waals surface area (Å²) in [6, 6.07) is 8.46. The molecule has 1 aliphatic rings. The molecule has 2 heterocycles. The van der Waals surface area contributed by atoms with Gasteiger partial charge in [0.1, 0.15) is 0 Å². The Morgan fingerprint density at radius 1 is 1.17 bits per heavy atom. The van der Waals surface area contributed by atoms with Gasteiger partial charge in [0.15, 0.2) is 5.13 Å². The molecule has 1 N–H and O–H groups in total. The zero-order valence-electron chi connectivity index (χ0n) is 10.0. The van der Waals surface area contributed by atoms with Gasteiger partial charge < -0.3 is 15.0 Å². The van der Waals surface area contributed by atoms with Crippen LogP contribution in [0.4, 0.5) is 16.5 Å². The third-order valence-corrected chi connectivity index (χ3v) is 3.62. The first-order chi connectivity index (χ1) is 8.92. The van der Waals surface area contributed by atoms with Crippen LogP contribution < -0.4 is 10.2 Å². The minimum absolute atomic E-state index is 0.819. The summed E-state index contributed by atoms with van der Waals surface area (Å²) >= 11 is 1.60. The van der Waals surface area contributed by atoms with Crippen molar-refractivity contribution in [1.29, 1.82) is 0 Å². The van der Waals surface area contributed by atoms with Crippen molar-refractivity contribution in [2.45, 2.75) is 0 Å². The summed E-state index contributed by atoms with van der Waals surface area (Å²) < 4.78 is 5.35. The molecule has 18 heavy (non-hydrogen) atoms. The number of anilines is 3. The molecular formula is C13H15N3OS. The minimum atomic E-state index is 0.819. The van der Waals surface area contributed by atoms with E-state index < -0.39 is 0 Å². The minimum Gasteiger partial charge on any atom is -0.378 e. The van der Waals surface area contributed by atoms with E-state index in [1.54, 1.807) is 17.5 Å². The molecule has 1 saturated heterocycles. The molecule has 94 valence electrons. The molecule has 0 aliphatic carbocycles. The molecule has 1 fully saturated rings. The van der Waals surface area contributed by atoms with Crippen LogP contribution in [0.1, 0.15) is 0 Å². The third-order valence-electron chi connectivity index (χ3n) is 2.93. The lowest BCUT2D eigenvalue weighted by Gasteiger charge is -2.28. The van der Waals surface area contributed by atoms with Gasteiger partial charge >= 0.3 is 0 Å². The van der Waals surface area contributed by atoms with Crippen LogP contribution in [-0.2, 0) is 4.74 Å². The lowest BCUT2D eigenvalue weighted by Crippen LogP contribution is -2.36. The quantitative estimate of drug-likeness (QED) is 0.922. The van der Waals surface area contributed by atoms with Crippen molar-refractivity contribution < 1.29 is 4.74 Å². The van der Waals surface area contributed by atoms with Crippen molar-refractivity contribution in [3.8, 4) is 0 Å². The number of hydrogen-bond acceptors (Lipinski definition) is 5. The number of ether oxygens (including phenoxy) is 1. The van der Waals surface area contributed by atoms with Gasteiger partial charge in [-0.25, -0.2) is 4.98 Å². The first-order valence-electron chi connectivity index (χ1n) is 6.01. The second-order valence-corrected chi connectivity index (χ2v) is 5.00. The molecule has 4 nitrogen and oxygen atoms in total. The van der Waals surface area contributed by atoms with Crippen molar-refractivity contribution in [2.24, 2.45) is 0 Å². The highest BCUT2D eigenvalue weighted by atomic mass is 32.1. The number of benzene rings is 1. The SMILES string of the molecule is c1csc(Nc2ccc(N3CCOCC3)cc2)n1. The number of nitrogens with zero attached hydrogens (tertiary/aromatic N) is 2. The Balaban J connectivity index is 1.68. The average Bonchev–Trinajstić information content (AvgIpc) is 2.94. The van der Waals surface area contributed by atoms with E-state index in [1.165, 1.54) is 5.69 Å². The van der Waals surface area contributed by atoms with Gasteiger partial charge in [0.05, 0.1) is 13.2 Å². The molecule has 0 atom stereocenters. The summed E-state index contributed by atoms with van der Waals surface area (Å²) in [5, 5.41) is 6.17. The standard InChI is InChI=1S/C13H15N3OS/c1-3-12(16-6-8-17-9-7-16)4-2-11(1)15-13-14-5-10-18-13/h1-5,10H,6-9H2,(H,14,15). The number of morpholine rings is 1. The topological polar surface area (TPSA) is 37.4 Å². The predicted molar refractivity (Wildman–Crippen MR) is 74.9 cm³/mol. The summed E-state index contributed by atoms with van der Waals surface area (Å²) in [7, 11) is 0. The Hall–Kier alpha value is -1.59. The largest absolute Gasteiger partial charge is 0.378 e. The first-order valence-corrected chi connectivity index (χ1v) is 6.89. The van der Waals surface area contributed by atoms with E-state index in [2.05, 4.69) is 39.5 Å². The maximum absolute atomic E-state index is 5.35. The van der Waals surface area contributed by atoms with Gasteiger partial charge in [-0.1, -0.05) is 0 Å². The van der Waals surface area contributed by atoms with Crippen LogP contribution in [0.3, 0.4) is 0 Å². The van der Waals surface area contributed by atoms with Gasteiger partial charge in [-0.3, -0.25) is 0 Å². The predicted octanol–water partition coefficient (Wildman–Crippen LogP) is 2.72. The summed E-state index contributed by atoms with van der Waals surface area (Å²) in [4.78, 5) is 6.55. The molecule has 0 radical (unpaired) electrons. The molecule has 1 aromatic heterocycles. The molecule has 2 aromatic rings. The molecule has 1 aromatic carbocycles. The fraction of sp³-hybridized carbons (Fsp3) is 0.308. The smallest absolute Gasteiger partial charge is 0.187 e. The fourth-order valence-electron chi connectivity index (χ4n) is 1.99. The molecule has 0 unspecified atom stereocenters. The maximum atomic E-state index is 5.35. The summed E-state index contributed by atoms with van der Waals surface area (Å²) in [5.74, 6) is 0. The van der Waals surface area contributed by atoms with E-state index in [0.717, 1.165) is 37.1 Å². The Bertz CT molecular complexity index is 477. The maximum Gasteiger partial charge on any atom is 0.187 e. The van der Waals surface area contributed by atoms with Crippen molar-refractivity contribution in [2.75, 3.05) is 36.5 Å². The van der Waals surface area contributed by atoms with E-state index in [9.17, 15) is 0 Å². The number of aromatic nitrogens is 1. The first kappa shape index (κ1) is 11.5. The molecule has 3 rings (SSSR count). The highest BCUT2D eigenvalue weighted by Crippen LogP contribution is 2.22. The highest BCUT2D eigenvalue weighted by Gasteiger charge is 2.10. The second kappa shape index (κ2) is 5.37. The van der Waals surface area contributed by atoms with Gasteiger partial charge in [-0.2, -0.15) is 0 Å². The molecule has 0 saturated carbocycles. The van der Waals surface area contributed by atoms with Crippen molar-refractivity contribution in [1.82, 2.24) is 4.98 Å². The normalized spacial score (nSPS) is 15.7. The van der Waals surface area contributed by atoms with Crippen LogP contribution in [0.2, 0.25) is 0 Å². The summed E-state index contributed by atoms with van der Waals surface area (Å²) in [5.41, 5.74) is 2.32. The summed E-state index contributed by atoms with van der Waals surface area (Å²) in [6.45, 7) is 3.58. The second-order valence-electron chi connectivity index (χ2n) is 4.11. The molecule has 0 bridgehead atoms. The number of rotatable bonds is 3. The Kier molecular flexibility index (Phi) is 3.43. The molecule has 5 heteroatoms. The fourth-order valence-corrected chi connectivity index (χ4v) is 2.53. The lowest BCUT2D eigenvalue weighted by molar-refractivity contribution is 0.122. The lowest BCUT2D eigenvalue weighted by atomic mass is 10.2. The Morgan fingerprint density at radius 3 is 2.61 bits per heavy atom. The van der Waals surface area contributed by atoms with Crippen LogP contribution in [0.5, 0.6) is 0 Å². The van der Waals surface area contributed by atoms with Crippen LogP contribution >= 0.6 is 11.3 Å². The Morgan fingerprint density at radius 2 is 1.94 bits per heavy atom. The highest BCUT2D eigenvalue weighted by molar-refractivity contribution is 7.13. The van der Waals surface area contributed by atoms with E-state index in [0.29, 0.717) is 0 Å². The van der Waals surface area contributed by atoms with Crippen LogP contribution in [-0.4, -0.2) is 31.3 Å². The molecular weight excluding hydrogens is 246 g/mol. The number of nitrogens with one attached hydrogen (secondary N) is 1. The zero-order chi connectivity index (χ0) is 12.2. The van der Waals surface area contributed by atoms with Gasteiger partial charge in [0.2, 0.25) is 0 Å². The summed E-state index contributed by atoms with van der Waals surface area (Å²) in [6.07, 6.45) is 1.80. The monoisotopic (exact) mass is 261 g/mol. The van der Waals surface area contributed by atoms with Gasteiger partial charge in [0, 0.05) is 36.0 Å². The van der Waals surface area contributed by atoms with Crippen LogP contribution in [0, 0.1) is 0 Å². The number of hydrogen-bond donors (Lipinski definition) is 1. The zero-order valence-corrected chi connectivity index (χ0v) is 10.8. The molecule has 0 amide bonds. The van der Waals surface area contributed by atoms with E-state index in [1.807, 2.05) is 5.38 Å². The Labute approximate surface area is 110 Å². The van der Waals surface area contributed by atoms with Crippen molar-refractivity contribution in [3.63, 3.8) is 0 Å². The van der Waals surface area contributed by atoms with E-state index >= 15 is 0 Å². The molecule has 1 aliphatic heterocycles. The molecule has 0 spiro atoms. The van der Waals surface area contributed by atoms with Crippen LogP contribution in [0.15, 0.2) is 35.8 Å². The average molecular weight is 261 g/mol. The van der Waals surface area contributed by atoms with Crippen molar-refractivity contribution >= 4 is 27.8 Å². The van der Waals surface area contributed by atoms with Crippen LogP contribution in [0.25, 0.3) is 0 Å². The van der Waals surface area contributed by atoms with Gasteiger partial charge in [-0.15, -0.1) is 11.3 Å². The van der Waals surface area contributed by atoms with Gasteiger partial charge in [-0.05, 0) is 24.3 Å². The third kappa shape index (κ3) is 2.63. The van der Waals surface area contributed by atoms with E-state index in [-0.39, 0.29) is 0 Å². The van der Waals surface area contributed by atoms with E-state index in [4.69, 9.17) is 4.74 Å². The van der Waals surface area contributed by atoms with Gasteiger partial charge in [0.25, 0.3) is 0 Å². The number of thiazole rings is 1. The van der Waals surface area contributed by atoms with Crippen molar-refractivity contribution in [3.05, 3.63) is 35.8 Å².